The smallest absolute Gasteiger partial charge is 0.305 e. The van der Waals surface area contributed by atoms with E-state index in [0.29, 0.717) is 5.57 Å². The predicted molar refractivity (Wildman–Crippen MR) is 64.5 cm³/mol. The molecule has 0 aromatic carbocycles. The van der Waals surface area contributed by atoms with Gasteiger partial charge >= 0.3 is 5.97 Å². The van der Waals surface area contributed by atoms with Crippen molar-refractivity contribution in [3.8, 4) is 0 Å². The first-order chi connectivity index (χ1) is 8.31. The van der Waals surface area contributed by atoms with Crippen molar-refractivity contribution >= 4 is 16.0 Å². The van der Waals surface area contributed by atoms with E-state index < -0.39 is 16.0 Å². The van der Waals surface area contributed by atoms with Crippen molar-refractivity contribution in [1.29, 1.82) is 0 Å². The first-order valence-electron chi connectivity index (χ1n) is 5.19. The lowest BCUT2D eigenvalue weighted by atomic mass is 10.4. The maximum Gasteiger partial charge on any atom is 0.305 e. The number of carbonyl (C=O) groups is 1. The van der Waals surface area contributed by atoms with E-state index >= 15 is 0 Å². The van der Waals surface area contributed by atoms with Gasteiger partial charge in [0.25, 0.3) is 0 Å². The molecule has 18 heavy (non-hydrogen) atoms. The van der Waals surface area contributed by atoms with E-state index in [2.05, 4.69) is 16.4 Å². The first-order valence-corrected chi connectivity index (χ1v) is 6.68. The zero-order valence-electron chi connectivity index (χ0n) is 9.96. The first kappa shape index (κ1) is 14.4. The molecule has 1 heterocycles. The molecule has 0 fully saturated rings. The highest BCUT2D eigenvalue weighted by molar-refractivity contribution is 7.89. The quantitative estimate of drug-likeness (QED) is 0.692. The number of rotatable bonds is 7. The average molecular weight is 273 g/mol. The van der Waals surface area contributed by atoms with Gasteiger partial charge in [-0.15, -0.1) is 0 Å². The Morgan fingerprint density at radius 1 is 1.61 bits per heavy atom. The molecule has 0 spiro atoms. The molecule has 0 aliphatic rings. The minimum atomic E-state index is -3.61. The van der Waals surface area contributed by atoms with Crippen molar-refractivity contribution in [2.24, 2.45) is 0 Å². The summed E-state index contributed by atoms with van der Waals surface area (Å²) in [5.74, 6) is -0.963. The van der Waals surface area contributed by atoms with E-state index in [0.717, 1.165) is 0 Å². The third-order valence-corrected chi connectivity index (χ3v) is 3.39. The van der Waals surface area contributed by atoms with Crippen LogP contribution in [-0.2, 0) is 21.4 Å². The van der Waals surface area contributed by atoms with Crippen LogP contribution < -0.4 is 4.72 Å². The lowest BCUT2D eigenvalue weighted by Gasteiger charge is -2.03. The van der Waals surface area contributed by atoms with Crippen molar-refractivity contribution in [3.63, 3.8) is 0 Å². The number of hydrogen-bond acceptors (Lipinski definition) is 4. The number of nitrogens with one attached hydrogen (secondary N) is 1. The largest absolute Gasteiger partial charge is 0.481 e. The maximum atomic E-state index is 11.8. The highest BCUT2D eigenvalue weighted by Gasteiger charge is 2.16. The van der Waals surface area contributed by atoms with E-state index in [1.165, 1.54) is 17.1 Å². The minimum Gasteiger partial charge on any atom is -0.481 e. The Balaban J connectivity index is 2.72. The Labute approximate surface area is 105 Å². The number of nitrogens with zero attached hydrogens (tertiary/aromatic N) is 2. The topological polar surface area (TPSA) is 101 Å². The number of aliphatic carboxylic acids is 1. The summed E-state index contributed by atoms with van der Waals surface area (Å²) >= 11 is 0. The molecule has 1 rings (SSSR count). The summed E-state index contributed by atoms with van der Waals surface area (Å²) in [7, 11) is -3.61. The number of aromatic nitrogens is 2. The average Bonchev–Trinajstić information content (AvgIpc) is 2.73. The van der Waals surface area contributed by atoms with Crippen molar-refractivity contribution in [2.75, 3.05) is 6.54 Å². The van der Waals surface area contributed by atoms with Crippen molar-refractivity contribution < 1.29 is 18.3 Å². The molecule has 0 aliphatic heterocycles. The molecule has 0 saturated heterocycles. The highest BCUT2D eigenvalue weighted by atomic mass is 32.2. The SMILES string of the molecule is C=C(C)CNS(=O)(=O)c1cnn(CCC(=O)O)c1. The Morgan fingerprint density at radius 2 is 2.28 bits per heavy atom. The molecule has 2 N–H and O–H groups in total. The number of carboxylic acid groups (broad SMARTS) is 1. The van der Waals surface area contributed by atoms with Crippen LogP contribution in [0.4, 0.5) is 0 Å². The van der Waals surface area contributed by atoms with Gasteiger partial charge < -0.3 is 5.11 Å². The lowest BCUT2D eigenvalue weighted by molar-refractivity contribution is -0.137. The van der Waals surface area contributed by atoms with Crippen LogP contribution in [0.3, 0.4) is 0 Å². The Morgan fingerprint density at radius 3 is 2.83 bits per heavy atom. The van der Waals surface area contributed by atoms with Crippen LogP contribution >= 0.6 is 0 Å². The molecule has 1 aromatic heterocycles. The number of aryl methyl sites for hydroxylation is 1. The predicted octanol–water partition coefficient (Wildman–Crippen LogP) is 0.212. The summed E-state index contributed by atoms with van der Waals surface area (Å²) < 4.78 is 27.2. The van der Waals surface area contributed by atoms with Crippen LogP contribution in [0, 0.1) is 0 Å². The van der Waals surface area contributed by atoms with E-state index in [1.807, 2.05) is 0 Å². The Hall–Kier alpha value is -1.67. The van der Waals surface area contributed by atoms with Crippen molar-refractivity contribution in [3.05, 3.63) is 24.5 Å². The molecule has 1 aromatic rings. The summed E-state index contributed by atoms with van der Waals surface area (Å²) in [6, 6.07) is 0. The van der Waals surface area contributed by atoms with E-state index in [-0.39, 0.29) is 24.4 Å². The number of hydrogen-bond donors (Lipinski definition) is 2. The third kappa shape index (κ3) is 4.30. The summed E-state index contributed by atoms with van der Waals surface area (Å²) in [6.45, 7) is 5.59. The van der Waals surface area contributed by atoms with Gasteiger partial charge in [-0.3, -0.25) is 9.48 Å². The fourth-order valence-corrected chi connectivity index (χ4v) is 2.17. The second-order valence-corrected chi connectivity index (χ2v) is 5.63. The molecule has 0 radical (unpaired) electrons. The molecular weight excluding hydrogens is 258 g/mol. The standard InChI is InChI=1S/C10H15N3O4S/c1-8(2)5-12-18(16,17)9-6-11-13(7-9)4-3-10(14)15/h6-7,12H,1,3-5H2,2H3,(H,14,15). The van der Waals surface area contributed by atoms with Gasteiger partial charge in [0.15, 0.2) is 0 Å². The zero-order valence-corrected chi connectivity index (χ0v) is 10.8. The van der Waals surface area contributed by atoms with Gasteiger partial charge in [-0.1, -0.05) is 12.2 Å². The van der Waals surface area contributed by atoms with E-state index in [1.54, 1.807) is 6.92 Å². The van der Waals surface area contributed by atoms with Crippen LogP contribution in [0.25, 0.3) is 0 Å². The van der Waals surface area contributed by atoms with Crippen LogP contribution in [-0.4, -0.2) is 35.8 Å². The molecule has 7 nitrogen and oxygen atoms in total. The van der Waals surface area contributed by atoms with Gasteiger partial charge in [0.05, 0.1) is 19.2 Å². The molecule has 8 heteroatoms. The lowest BCUT2D eigenvalue weighted by Crippen LogP contribution is -2.24. The normalized spacial score (nSPS) is 11.4. The molecule has 0 unspecified atom stereocenters. The zero-order chi connectivity index (χ0) is 13.8. The summed E-state index contributed by atoms with van der Waals surface area (Å²) in [6.07, 6.45) is 2.37. The minimum absolute atomic E-state index is 0.00846. The van der Waals surface area contributed by atoms with Crippen LogP contribution in [0.1, 0.15) is 13.3 Å². The molecule has 0 amide bonds. The Kier molecular flexibility index (Phi) is 4.62. The van der Waals surface area contributed by atoms with Gasteiger partial charge in [-0.2, -0.15) is 5.10 Å². The van der Waals surface area contributed by atoms with Crippen molar-refractivity contribution in [1.82, 2.24) is 14.5 Å². The highest BCUT2D eigenvalue weighted by Crippen LogP contribution is 2.07. The second kappa shape index (κ2) is 5.78. The van der Waals surface area contributed by atoms with Gasteiger partial charge in [0.2, 0.25) is 10.0 Å². The van der Waals surface area contributed by atoms with Gasteiger partial charge in [0, 0.05) is 12.7 Å². The molecule has 0 atom stereocenters. The van der Waals surface area contributed by atoms with Gasteiger partial charge in [-0.05, 0) is 6.92 Å². The monoisotopic (exact) mass is 273 g/mol. The van der Waals surface area contributed by atoms with Gasteiger partial charge in [0.1, 0.15) is 4.90 Å². The van der Waals surface area contributed by atoms with Crippen molar-refractivity contribution in [2.45, 2.75) is 24.8 Å². The Bertz CT molecular complexity index is 547. The molecule has 0 saturated carbocycles. The molecule has 100 valence electrons. The molecule has 0 bridgehead atoms. The van der Waals surface area contributed by atoms with Gasteiger partial charge in [-0.25, -0.2) is 13.1 Å². The van der Waals surface area contributed by atoms with Crippen LogP contribution in [0.2, 0.25) is 0 Å². The molecule has 0 aliphatic carbocycles. The third-order valence-electron chi connectivity index (χ3n) is 2.04. The number of carboxylic acids is 1. The summed E-state index contributed by atoms with van der Waals surface area (Å²) in [5, 5.41) is 12.3. The summed E-state index contributed by atoms with van der Waals surface area (Å²) in [5.41, 5.74) is 0.692. The maximum absolute atomic E-state index is 11.8. The van der Waals surface area contributed by atoms with E-state index in [4.69, 9.17) is 5.11 Å². The van der Waals surface area contributed by atoms with Crippen LogP contribution in [0.5, 0.6) is 0 Å². The fraction of sp³-hybridized carbons (Fsp3) is 0.400. The number of sulfonamides is 1. The fourth-order valence-electron chi connectivity index (χ4n) is 1.12. The summed E-state index contributed by atoms with van der Waals surface area (Å²) in [4.78, 5) is 10.4. The van der Waals surface area contributed by atoms with Crippen LogP contribution in [0.15, 0.2) is 29.4 Å². The molecular formula is C10H15N3O4S. The van der Waals surface area contributed by atoms with E-state index in [9.17, 15) is 13.2 Å². The second-order valence-electron chi connectivity index (χ2n) is 3.86.